The summed E-state index contributed by atoms with van der Waals surface area (Å²) < 4.78 is 31.5. The first kappa shape index (κ1) is 15.6. The average Bonchev–Trinajstić information content (AvgIpc) is 2.72. The topological polar surface area (TPSA) is 89.9 Å². The second kappa shape index (κ2) is 6.10. The van der Waals surface area contributed by atoms with Crippen LogP contribution >= 0.6 is 11.3 Å². The van der Waals surface area contributed by atoms with Gasteiger partial charge < -0.3 is 4.74 Å². The number of carbonyl (C=O) groups is 1. The van der Waals surface area contributed by atoms with E-state index in [-0.39, 0.29) is 15.9 Å². The fraction of sp³-hybridized carbons (Fsp3) is 0.455. The number of esters is 1. The Morgan fingerprint density at radius 3 is 2.63 bits per heavy atom. The summed E-state index contributed by atoms with van der Waals surface area (Å²) in [6, 6.07) is 0. The number of aryl methyl sites for hydroxylation is 1. The van der Waals surface area contributed by atoms with Gasteiger partial charge in [-0.1, -0.05) is 11.3 Å². The van der Waals surface area contributed by atoms with Gasteiger partial charge in [-0.3, -0.25) is 0 Å². The van der Waals surface area contributed by atoms with E-state index in [9.17, 15) is 18.0 Å². The fourth-order valence-electron chi connectivity index (χ4n) is 1.41. The van der Waals surface area contributed by atoms with E-state index in [0.29, 0.717) is 12.0 Å². The number of hydrogen-bond acceptors (Lipinski definition) is 6. The van der Waals surface area contributed by atoms with Crippen molar-refractivity contribution in [3.05, 3.63) is 15.8 Å². The quantitative estimate of drug-likeness (QED) is 0.471. The maximum atomic E-state index is 11.9. The number of carbonyl (C=O) groups excluding carboxylic acids is 2. The summed E-state index contributed by atoms with van der Waals surface area (Å²) in [6.07, 6.45) is 1.02. The van der Waals surface area contributed by atoms with Crippen molar-refractivity contribution in [1.82, 2.24) is 0 Å². The molecule has 1 heterocycles. The van der Waals surface area contributed by atoms with Gasteiger partial charge in [-0.05, 0) is 31.2 Å². The Morgan fingerprint density at radius 1 is 1.53 bits per heavy atom. The van der Waals surface area contributed by atoms with Gasteiger partial charge >= 0.3 is 5.97 Å². The average molecular weight is 303 g/mol. The summed E-state index contributed by atoms with van der Waals surface area (Å²) in [4.78, 5) is 21.7. The number of thiophene rings is 1. The lowest BCUT2D eigenvalue weighted by Crippen LogP contribution is -2.13. The molecule has 0 spiro atoms. The van der Waals surface area contributed by atoms with Crippen LogP contribution in [-0.2, 0) is 26.0 Å². The van der Waals surface area contributed by atoms with Crippen LogP contribution in [0.1, 0.15) is 36.0 Å². The lowest BCUT2D eigenvalue weighted by molar-refractivity contribution is 0.0379. The fourth-order valence-corrected chi connectivity index (χ4v) is 3.92. The highest BCUT2D eigenvalue weighted by atomic mass is 32.2. The molecular weight excluding hydrogens is 290 g/mol. The molecule has 0 aromatic carbocycles. The molecule has 0 atom stereocenters. The van der Waals surface area contributed by atoms with E-state index in [2.05, 4.69) is 4.40 Å². The van der Waals surface area contributed by atoms with Gasteiger partial charge in [0, 0.05) is 0 Å². The van der Waals surface area contributed by atoms with Gasteiger partial charge in [0.05, 0.1) is 6.10 Å². The Balaban J connectivity index is 3.41. The largest absolute Gasteiger partial charge is 0.459 e. The highest BCUT2D eigenvalue weighted by Gasteiger charge is 2.29. The molecule has 104 valence electrons. The Morgan fingerprint density at radius 2 is 2.16 bits per heavy atom. The molecule has 19 heavy (non-hydrogen) atoms. The first-order valence-corrected chi connectivity index (χ1v) is 7.81. The lowest BCUT2D eigenvalue weighted by Gasteiger charge is -2.07. The normalized spacial score (nSPS) is 11.2. The number of hydrogen-bond donors (Lipinski definition) is 0. The standard InChI is InChI=1S/C11H13NO5S2/c1-4-8-5-18-9(11(14)17-7(2)3)10(8)19(15,16)12-6-13/h5,7H,4H2,1-3H3. The Bertz CT molecular complexity index is 624. The van der Waals surface area contributed by atoms with Gasteiger partial charge in [-0.25, -0.2) is 9.59 Å². The van der Waals surface area contributed by atoms with Crippen LogP contribution in [-0.4, -0.2) is 26.6 Å². The number of ether oxygens (including phenoxy) is 1. The summed E-state index contributed by atoms with van der Waals surface area (Å²) in [6.45, 7) is 5.05. The Hall–Kier alpha value is -1.50. The molecule has 0 saturated heterocycles. The molecule has 0 fully saturated rings. The van der Waals surface area contributed by atoms with Crippen LogP contribution < -0.4 is 0 Å². The first-order valence-electron chi connectivity index (χ1n) is 5.49. The Kier molecular flexibility index (Phi) is 4.99. The number of isocyanates is 1. The van der Waals surface area contributed by atoms with E-state index in [1.165, 1.54) is 0 Å². The van der Waals surface area contributed by atoms with E-state index < -0.39 is 16.0 Å². The minimum atomic E-state index is -4.21. The molecule has 6 nitrogen and oxygen atoms in total. The number of rotatable bonds is 5. The monoisotopic (exact) mass is 303 g/mol. The minimum absolute atomic E-state index is 0.0652. The zero-order valence-electron chi connectivity index (χ0n) is 10.7. The summed E-state index contributed by atoms with van der Waals surface area (Å²) in [7, 11) is -4.21. The highest BCUT2D eigenvalue weighted by molar-refractivity contribution is 7.90. The Labute approximate surface area is 115 Å². The van der Waals surface area contributed by atoms with Crippen LogP contribution in [0.4, 0.5) is 0 Å². The summed E-state index contributed by atoms with van der Waals surface area (Å²) >= 11 is 0.960. The molecule has 0 aliphatic carbocycles. The van der Waals surface area contributed by atoms with Gasteiger partial charge in [0.1, 0.15) is 9.77 Å². The number of nitrogens with zero attached hydrogens (tertiary/aromatic N) is 1. The third-order valence-electron chi connectivity index (χ3n) is 2.14. The van der Waals surface area contributed by atoms with Crippen LogP contribution in [0.15, 0.2) is 14.7 Å². The minimum Gasteiger partial charge on any atom is -0.459 e. The molecule has 1 aromatic heterocycles. The maximum Gasteiger partial charge on any atom is 0.350 e. The van der Waals surface area contributed by atoms with Crippen molar-refractivity contribution in [2.75, 3.05) is 0 Å². The van der Waals surface area contributed by atoms with E-state index in [0.717, 1.165) is 17.4 Å². The SMILES string of the molecule is CCc1csc(C(=O)OC(C)C)c1S(=O)(=O)N=C=O. The molecule has 0 saturated carbocycles. The molecule has 0 unspecified atom stereocenters. The van der Waals surface area contributed by atoms with E-state index in [1.807, 2.05) is 0 Å². The molecule has 0 N–H and O–H groups in total. The highest BCUT2D eigenvalue weighted by Crippen LogP contribution is 2.30. The molecule has 8 heteroatoms. The van der Waals surface area contributed by atoms with Crippen molar-refractivity contribution in [3.63, 3.8) is 0 Å². The van der Waals surface area contributed by atoms with Gasteiger partial charge in [0.15, 0.2) is 0 Å². The molecule has 0 bridgehead atoms. The van der Waals surface area contributed by atoms with E-state index >= 15 is 0 Å². The van der Waals surface area contributed by atoms with Crippen LogP contribution in [0.25, 0.3) is 0 Å². The molecular formula is C11H13NO5S2. The van der Waals surface area contributed by atoms with Crippen molar-refractivity contribution in [3.8, 4) is 0 Å². The molecule has 0 amide bonds. The lowest BCUT2D eigenvalue weighted by atomic mass is 10.2. The second-order valence-corrected chi connectivity index (χ2v) is 6.31. The zero-order chi connectivity index (χ0) is 14.6. The first-order chi connectivity index (χ1) is 8.83. The van der Waals surface area contributed by atoms with E-state index in [1.54, 1.807) is 26.2 Å². The summed E-state index contributed by atoms with van der Waals surface area (Å²) in [5.41, 5.74) is 0.430. The van der Waals surface area contributed by atoms with Crippen LogP contribution in [0.2, 0.25) is 0 Å². The molecule has 0 aliphatic rings. The summed E-state index contributed by atoms with van der Waals surface area (Å²) in [5, 5.41) is 1.55. The van der Waals surface area contributed by atoms with Gasteiger partial charge in [-0.2, -0.15) is 8.42 Å². The summed E-state index contributed by atoms with van der Waals surface area (Å²) in [5.74, 6) is -0.737. The van der Waals surface area contributed by atoms with Crippen molar-refractivity contribution in [1.29, 1.82) is 0 Å². The zero-order valence-corrected chi connectivity index (χ0v) is 12.3. The van der Waals surface area contributed by atoms with Crippen LogP contribution in [0.5, 0.6) is 0 Å². The van der Waals surface area contributed by atoms with Crippen molar-refractivity contribution >= 4 is 33.4 Å². The third kappa shape index (κ3) is 3.50. The van der Waals surface area contributed by atoms with Gasteiger partial charge in [0.25, 0.3) is 16.1 Å². The van der Waals surface area contributed by atoms with Crippen LogP contribution in [0, 0.1) is 0 Å². The smallest absolute Gasteiger partial charge is 0.350 e. The second-order valence-electron chi connectivity index (χ2n) is 3.88. The maximum absolute atomic E-state index is 11.9. The number of sulfonamides is 1. The molecule has 0 aliphatic heterocycles. The van der Waals surface area contributed by atoms with Crippen molar-refractivity contribution in [2.45, 2.75) is 38.2 Å². The predicted molar refractivity (Wildman–Crippen MR) is 69.6 cm³/mol. The van der Waals surface area contributed by atoms with E-state index in [4.69, 9.17) is 4.74 Å². The molecule has 1 rings (SSSR count). The molecule has 0 radical (unpaired) electrons. The molecule has 1 aromatic rings. The van der Waals surface area contributed by atoms with Gasteiger partial charge in [-0.15, -0.1) is 11.3 Å². The van der Waals surface area contributed by atoms with Crippen molar-refractivity contribution < 1.29 is 22.7 Å². The van der Waals surface area contributed by atoms with Gasteiger partial charge in [0.2, 0.25) is 0 Å². The third-order valence-corrected chi connectivity index (χ3v) is 4.58. The van der Waals surface area contributed by atoms with Crippen molar-refractivity contribution in [2.24, 2.45) is 4.40 Å². The van der Waals surface area contributed by atoms with Crippen LogP contribution in [0.3, 0.4) is 0 Å². The predicted octanol–water partition coefficient (Wildman–Crippen LogP) is 1.90.